The third-order valence-electron chi connectivity index (χ3n) is 13.5. The third-order valence-corrected chi connectivity index (χ3v) is 13.5. The number of benzene rings is 2. The van der Waals surface area contributed by atoms with Gasteiger partial charge in [0, 0.05) is 75.2 Å². The van der Waals surface area contributed by atoms with Gasteiger partial charge in [0.25, 0.3) is 0 Å². The van der Waals surface area contributed by atoms with E-state index in [1.807, 2.05) is 24.6 Å². The largest absolute Gasteiger partial charge is 0.506 e. The van der Waals surface area contributed by atoms with Gasteiger partial charge in [0.1, 0.15) is 34.5 Å². The van der Waals surface area contributed by atoms with Crippen molar-refractivity contribution in [3.05, 3.63) is 166 Å². The minimum Gasteiger partial charge on any atom is -0.506 e. The predicted molar refractivity (Wildman–Crippen MR) is 258 cm³/mol. The van der Waals surface area contributed by atoms with E-state index in [-0.39, 0.29) is 46.9 Å². The van der Waals surface area contributed by atoms with Crippen LogP contribution < -0.4 is 20.4 Å². The minimum absolute atomic E-state index is 0.136. The summed E-state index contributed by atoms with van der Waals surface area (Å²) < 4.78 is 0. The van der Waals surface area contributed by atoms with Gasteiger partial charge in [-0.2, -0.15) is 9.97 Å². The number of hydrogen-bond donors (Lipinski definition) is 4. The highest BCUT2D eigenvalue weighted by Crippen LogP contribution is 2.30. The van der Waals surface area contributed by atoms with Crippen molar-refractivity contribution < 1.29 is 15.0 Å². The van der Waals surface area contributed by atoms with Crippen LogP contribution in [-0.2, 0) is 25.9 Å². The van der Waals surface area contributed by atoms with Crippen molar-refractivity contribution in [3.8, 4) is 0 Å². The van der Waals surface area contributed by atoms with Crippen LogP contribution in [0.4, 0.5) is 23.5 Å². The molecule has 4 aromatic rings. The summed E-state index contributed by atoms with van der Waals surface area (Å²) in [4.78, 5) is 47.2. The molecule has 0 atom stereocenters. The van der Waals surface area contributed by atoms with E-state index in [0.29, 0.717) is 36.1 Å². The molecule has 0 spiro atoms. The van der Waals surface area contributed by atoms with Gasteiger partial charge in [0.15, 0.2) is 0 Å². The highest BCUT2D eigenvalue weighted by atomic mass is 16.3. The van der Waals surface area contributed by atoms with Crippen LogP contribution in [0.25, 0.3) is 0 Å². The number of nitrogens with one attached hydrogen (secondary N) is 2. The van der Waals surface area contributed by atoms with E-state index in [9.17, 15) is 15.0 Å². The predicted octanol–water partition coefficient (Wildman–Crippen LogP) is 6.86. The zero-order valence-corrected chi connectivity index (χ0v) is 37.7. The van der Waals surface area contributed by atoms with E-state index in [2.05, 4.69) is 92.9 Å². The molecule has 0 amide bonds. The number of allylic oxidation sites excluding steroid dienone is 4. The number of ketones is 1. The van der Waals surface area contributed by atoms with Crippen molar-refractivity contribution in [1.29, 1.82) is 0 Å². The zero-order chi connectivity index (χ0) is 45.1. The standard InChI is InChI=1S/C51H58N12O3/c1-58-21-13-39(14-22-58)52-47-31-41(54-50(56-47)60-27-17-43(45(64)19-29-60)62-25-11-35-7-3-5-9-37(35)33-62)49(66)42-32-48(53-40-15-23-59(2)24-16-40)57-51(55-42)61-28-18-44(46(65)20-30-61)63-26-12-36-8-4-6-10-38(36)34-63/h3-10,17-20,27-32,39-40,64-65H,11-16,21-26,33-34H2,1-2H3,(H,52,54,56)(H,53,55,57). The quantitative estimate of drug-likeness (QED) is 0.123. The Labute approximate surface area is 386 Å². The number of anilines is 4. The van der Waals surface area contributed by atoms with Crippen LogP contribution in [-0.4, -0.2) is 121 Å². The number of aromatic nitrogens is 4. The second kappa shape index (κ2) is 18.9. The summed E-state index contributed by atoms with van der Waals surface area (Å²) in [5.41, 5.74) is 6.86. The maximum atomic E-state index is 15.0. The number of rotatable bonds is 10. The monoisotopic (exact) mass is 886 g/mol. The Bertz CT molecular complexity index is 2480. The molecule has 6 aliphatic heterocycles. The Hall–Kier alpha value is -6.97. The molecule has 0 unspecified atom stereocenters. The van der Waals surface area contributed by atoms with Gasteiger partial charge in [0.2, 0.25) is 17.7 Å². The van der Waals surface area contributed by atoms with Crippen molar-refractivity contribution in [3.63, 3.8) is 0 Å². The molecule has 2 saturated heterocycles. The van der Waals surface area contributed by atoms with E-state index < -0.39 is 5.78 Å². The molecule has 15 heteroatoms. The Morgan fingerprint density at radius 3 is 1.36 bits per heavy atom. The first-order valence-electron chi connectivity index (χ1n) is 23.2. The molecule has 340 valence electrons. The van der Waals surface area contributed by atoms with E-state index >= 15 is 0 Å². The number of hydrogen-bond acceptors (Lipinski definition) is 15. The molecule has 6 aliphatic rings. The summed E-state index contributed by atoms with van der Waals surface area (Å²) >= 11 is 0. The number of piperidine rings is 2. The normalized spacial score (nSPS) is 19.8. The Morgan fingerprint density at radius 1 is 0.545 bits per heavy atom. The van der Waals surface area contributed by atoms with Gasteiger partial charge in [-0.3, -0.25) is 14.6 Å². The number of nitrogens with zero attached hydrogens (tertiary/aromatic N) is 10. The van der Waals surface area contributed by atoms with Crippen LogP contribution >= 0.6 is 0 Å². The smallest absolute Gasteiger partial charge is 0.236 e. The Kier molecular flexibility index (Phi) is 12.3. The zero-order valence-electron chi connectivity index (χ0n) is 37.7. The number of aliphatic hydroxyl groups is 2. The molecule has 2 fully saturated rings. The first-order chi connectivity index (χ1) is 32.2. The van der Waals surface area contributed by atoms with Gasteiger partial charge in [-0.1, -0.05) is 48.5 Å². The molecule has 15 nitrogen and oxygen atoms in total. The van der Waals surface area contributed by atoms with E-state index in [4.69, 9.17) is 19.9 Å². The van der Waals surface area contributed by atoms with E-state index in [1.54, 1.807) is 46.5 Å². The minimum atomic E-state index is -0.395. The number of aliphatic hydroxyl groups excluding tert-OH is 2. The SMILES string of the molecule is CN1CCC(Nc2cc(C(=O)c3cc(NC4CCN(C)CC4)nc(N4C=CC(O)=C(N5CCc6ccccc6C5)C=C4)n3)nc(N3C=CC(O)=C(N4CCc5ccccc5C4)C=C3)n2)CC1. The van der Waals surface area contributed by atoms with Gasteiger partial charge in [-0.05, 0) is 125 Å². The van der Waals surface area contributed by atoms with E-state index in [1.165, 1.54) is 22.3 Å². The molecular formula is C51H58N12O3. The summed E-state index contributed by atoms with van der Waals surface area (Å²) in [6.07, 6.45) is 19.7. The summed E-state index contributed by atoms with van der Waals surface area (Å²) in [5.74, 6) is 1.48. The lowest BCUT2D eigenvalue weighted by Crippen LogP contribution is -2.37. The molecule has 2 aromatic carbocycles. The highest BCUT2D eigenvalue weighted by Gasteiger charge is 2.27. The second-order valence-corrected chi connectivity index (χ2v) is 18.1. The number of fused-ring (bicyclic) bond motifs is 2. The Morgan fingerprint density at radius 2 is 0.939 bits per heavy atom. The van der Waals surface area contributed by atoms with Crippen LogP contribution in [0.5, 0.6) is 0 Å². The van der Waals surface area contributed by atoms with Gasteiger partial charge in [-0.15, -0.1) is 0 Å². The van der Waals surface area contributed by atoms with Gasteiger partial charge in [0.05, 0.1) is 11.4 Å². The van der Waals surface area contributed by atoms with Crippen molar-refractivity contribution in [2.24, 2.45) is 0 Å². The lowest BCUT2D eigenvalue weighted by atomic mass is 9.99. The summed E-state index contributed by atoms with van der Waals surface area (Å²) in [6.45, 7) is 6.70. The third kappa shape index (κ3) is 9.53. The van der Waals surface area contributed by atoms with Gasteiger partial charge >= 0.3 is 0 Å². The van der Waals surface area contributed by atoms with Crippen molar-refractivity contribution in [2.45, 2.75) is 63.7 Å². The van der Waals surface area contributed by atoms with Crippen LogP contribution in [0.2, 0.25) is 0 Å². The molecule has 8 heterocycles. The molecule has 4 N–H and O–H groups in total. The topological polar surface area (TPSA) is 153 Å². The number of likely N-dealkylation sites (tertiary alicyclic amines) is 2. The van der Waals surface area contributed by atoms with Crippen LogP contribution in [0.15, 0.2) is 133 Å². The maximum Gasteiger partial charge on any atom is 0.236 e. The molecule has 0 bridgehead atoms. The average Bonchev–Trinajstić information content (AvgIpc) is 3.67. The summed E-state index contributed by atoms with van der Waals surface area (Å²) in [6, 6.07) is 20.6. The maximum absolute atomic E-state index is 15.0. The first-order valence-corrected chi connectivity index (χ1v) is 23.2. The van der Waals surface area contributed by atoms with Crippen LogP contribution in [0.3, 0.4) is 0 Å². The van der Waals surface area contributed by atoms with Gasteiger partial charge in [-0.25, -0.2) is 9.97 Å². The highest BCUT2D eigenvalue weighted by molar-refractivity contribution is 6.07. The summed E-state index contributed by atoms with van der Waals surface area (Å²) in [7, 11) is 4.26. The Balaban J connectivity index is 0.967. The lowest BCUT2D eigenvalue weighted by Gasteiger charge is -2.31. The second-order valence-electron chi connectivity index (χ2n) is 18.1. The number of carbonyl (C=O) groups is 1. The van der Waals surface area contributed by atoms with Crippen LogP contribution in [0, 0.1) is 0 Å². The molecule has 10 rings (SSSR count). The fourth-order valence-electron chi connectivity index (χ4n) is 9.58. The van der Waals surface area contributed by atoms with Crippen LogP contribution in [0.1, 0.15) is 64.1 Å². The lowest BCUT2D eigenvalue weighted by molar-refractivity contribution is 0.102. The fraction of sp³-hybridized carbons (Fsp3) is 0.353. The van der Waals surface area contributed by atoms with E-state index in [0.717, 1.165) is 77.8 Å². The molecule has 0 radical (unpaired) electrons. The first kappa shape index (κ1) is 43.0. The van der Waals surface area contributed by atoms with Crippen molar-refractivity contribution >= 4 is 29.3 Å². The van der Waals surface area contributed by atoms with Gasteiger partial charge < -0.3 is 40.4 Å². The number of carbonyl (C=O) groups excluding carboxylic acids is 1. The molecule has 0 aliphatic carbocycles. The summed E-state index contributed by atoms with van der Waals surface area (Å²) in [5, 5.41) is 29.9. The average molecular weight is 887 g/mol. The van der Waals surface area contributed by atoms with Crippen molar-refractivity contribution in [2.75, 3.05) is 73.8 Å². The molecule has 0 saturated carbocycles. The molecular weight excluding hydrogens is 829 g/mol. The fourth-order valence-corrected chi connectivity index (χ4v) is 9.58. The molecule has 2 aromatic heterocycles. The molecule has 66 heavy (non-hydrogen) atoms. The van der Waals surface area contributed by atoms with Crippen molar-refractivity contribution in [1.82, 2.24) is 39.5 Å².